The van der Waals surface area contributed by atoms with Crippen molar-refractivity contribution in [2.75, 3.05) is 19.7 Å². The maximum Gasteiger partial charge on any atom is 0.0816 e. The molecule has 106 valence electrons. The summed E-state index contributed by atoms with van der Waals surface area (Å²) in [6.45, 7) is 6.80. The fraction of sp³-hybridized carbons (Fsp3) is 0.600. The molecule has 4 heteroatoms. The van der Waals surface area contributed by atoms with Crippen LogP contribution in [0.2, 0.25) is 5.02 Å². The van der Waals surface area contributed by atoms with Crippen LogP contribution in [-0.4, -0.2) is 41.8 Å². The Morgan fingerprint density at radius 2 is 2.16 bits per heavy atom. The van der Waals surface area contributed by atoms with Gasteiger partial charge in [0, 0.05) is 24.2 Å². The van der Waals surface area contributed by atoms with Gasteiger partial charge in [-0.1, -0.05) is 29.8 Å². The van der Waals surface area contributed by atoms with Gasteiger partial charge in [-0.3, -0.25) is 4.90 Å². The van der Waals surface area contributed by atoms with Crippen LogP contribution in [-0.2, 0) is 4.74 Å². The number of halogens is 1. The summed E-state index contributed by atoms with van der Waals surface area (Å²) in [5.74, 6) is 0. The summed E-state index contributed by atoms with van der Waals surface area (Å²) in [4.78, 5) is 2.37. The van der Waals surface area contributed by atoms with E-state index < -0.39 is 6.10 Å². The Labute approximate surface area is 120 Å². The van der Waals surface area contributed by atoms with Gasteiger partial charge < -0.3 is 9.84 Å². The number of aliphatic hydroxyl groups is 1. The van der Waals surface area contributed by atoms with Gasteiger partial charge in [0.2, 0.25) is 0 Å². The number of nitrogens with zero attached hydrogens (tertiary/aromatic N) is 1. The van der Waals surface area contributed by atoms with Crippen molar-refractivity contribution in [3.63, 3.8) is 0 Å². The highest BCUT2D eigenvalue weighted by Crippen LogP contribution is 2.25. The van der Waals surface area contributed by atoms with Crippen molar-refractivity contribution in [3.8, 4) is 0 Å². The fourth-order valence-corrected chi connectivity index (χ4v) is 2.73. The maximum atomic E-state index is 10.2. The third-order valence-electron chi connectivity index (χ3n) is 3.69. The van der Waals surface area contributed by atoms with E-state index >= 15 is 0 Å². The second-order valence-electron chi connectivity index (χ2n) is 5.31. The molecule has 1 fully saturated rings. The second-order valence-corrected chi connectivity index (χ2v) is 5.72. The van der Waals surface area contributed by atoms with Gasteiger partial charge in [0.1, 0.15) is 0 Å². The maximum absolute atomic E-state index is 10.2. The molecule has 1 aromatic carbocycles. The van der Waals surface area contributed by atoms with Crippen molar-refractivity contribution in [1.82, 2.24) is 4.90 Å². The Balaban J connectivity index is 1.89. The van der Waals surface area contributed by atoms with E-state index in [-0.39, 0.29) is 6.10 Å². The van der Waals surface area contributed by atoms with Crippen LogP contribution in [0, 0.1) is 0 Å². The molecular formula is C15H22ClNO2. The number of hydrogen-bond donors (Lipinski definition) is 1. The molecule has 0 bridgehead atoms. The highest BCUT2D eigenvalue weighted by Gasteiger charge is 2.24. The summed E-state index contributed by atoms with van der Waals surface area (Å²) in [7, 11) is 0. The van der Waals surface area contributed by atoms with Crippen LogP contribution in [0.25, 0.3) is 0 Å². The number of rotatable bonds is 4. The molecule has 3 unspecified atom stereocenters. The Kier molecular flexibility index (Phi) is 5.22. The lowest BCUT2D eigenvalue weighted by Crippen LogP contribution is -2.47. The molecule has 3 nitrogen and oxygen atoms in total. The van der Waals surface area contributed by atoms with Gasteiger partial charge in [0.25, 0.3) is 0 Å². The first-order valence-electron chi connectivity index (χ1n) is 6.86. The fourth-order valence-electron chi connectivity index (χ4n) is 2.47. The van der Waals surface area contributed by atoms with Gasteiger partial charge in [-0.25, -0.2) is 0 Å². The van der Waals surface area contributed by atoms with Gasteiger partial charge in [0.05, 0.1) is 18.8 Å². The lowest BCUT2D eigenvalue weighted by Gasteiger charge is -2.37. The van der Waals surface area contributed by atoms with Crippen molar-refractivity contribution in [3.05, 3.63) is 34.9 Å². The number of benzene rings is 1. The third kappa shape index (κ3) is 3.93. The van der Waals surface area contributed by atoms with Gasteiger partial charge in [-0.05, 0) is 31.9 Å². The van der Waals surface area contributed by atoms with E-state index in [2.05, 4.69) is 18.7 Å². The molecule has 0 amide bonds. The molecule has 19 heavy (non-hydrogen) atoms. The van der Waals surface area contributed by atoms with Crippen molar-refractivity contribution < 1.29 is 9.84 Å². The van der Waals surface area contributed by atoms with Crippen LogP contribution >= 0.6 is 11.6 Å². The minimum Gasteiger partial charge on any atom is -0.388 e. The highest BCUT2D eigenvalue weighted by atomic mass is 35.5. The first-order valence-corrected chi connectivity index (χ1v) is 7.24. The van der Waals surface area contributed by atoms with E-state index in [9.17, 15) is 5.11 Å². The molecular weight excluding hydrogens is 262 g/mol. The zero-order chi connectivity index (χ0) is 13.8. The first-order chi connectivity index (χ1) is 9.08. The van der Waals surface area contributed by atoms with Gasteiger partial charge >= 0.3 is 0 Å². The van der Waals surface area contributed by atoms with Crippen LogP contribution in [0.1, 0.15) is 31.9 Å². The Hall–Kier alpha value is -0.610. The summed E-state index contributed by atoms with van der Waals surface area (Å²) in [5.41, 5.74) is 0.818. The summed E-state index contributed by atoms with van der Waals surface area (Å²) >= 11 is 6.10. The molecule has 1 heterocycles. The summed E-state index contributed by atoms with van der Waals surface area (Å²) in [6, 6.07) is 7.90. The van der Waals surface area contributed by atoms with Gasteiger partial charge in [-0.2, -0.15) is 0 Å². The standard InChI is InChI=1S/C15H22ClNO2/c1-11-10-19-12(2)9-17(11)8-7-15(18)13-5-3-4-6-14(13)16/h3-6,11-12,15,18H,7-10H2,1-2H3. The largest absolute Gasteiger partial charge is 0.388 e. The Bertz CT molecular complexity index is 413. The highest BCUT2D eigenvalue weighted by molar-refractivity contribution is 6.31. The number of ether oxygens (including phenoxy) is 1. The molecule has 1 N–H and O–H groups in total. The second kappa shape index (κ2) is 6.71. The zero-order valence-electron chi connectivity index (χ0n) is 11.6. The molecule has 1 saturated heterocycles. The summed E-state index contributed by atoms with van der Waals surface area (Å²) < 4.78 is 5.61. The normalized spacial score (nSPS) is 26.3. The van der Waals surface area contributed by atoms with E-state index in [1.165, 1.54) is 0 Å². The van der Waals surface area contributed by atoms with E-state index in [4.69, 9.17) is 16.3 Å². The monoisotopic (exact) mass is 283 g/mol. The first kappa shape index (κ1) is 14.8. The summed E-state index contributed by atoms with van der Waals surface area (Å²) in [6.07, 6.45) is 0.466. The van der Waals surface area contributed by atoms with Crippen LogP contribution in [0.5, 0.6) is 0 Å². The molecule has 3 atom stereocenters. The lowest BCUT2D eigenvalue weighted by atomic mass is 10.1. The SMILES string of the molecule is CC1CN(CCC(O)c2ccccc2Cl)C(C)CO1. The Morgan fingerprint density at radius 3 is 2.89 bits per heavy atom. The molecule has 0 aliphatic carbocycles. The molecule has 1 aromatic rings. The number of morpholine rings is 1. The van der Waals surface area contributed by atoms with Crippen molar-refractivity contribution in [2.24, 2.45) is 0 Å². The molecule has 0 radical (unpaired) electrons. The predicted molar refractivity (Wildman–Crippen MR) is 77.5 cm³/mol. The van der Waals surface area contributed by atoms with E-state index in [1.54, 1.807) is 0 Å². The van der Waals surface area contributed by atoms with Crippen molar-refractivity contribution >= 4 is 11.6 Å². The van der Waals surface area contributed by atoms with Crippen LogP contribution < -0.4 is 0 Å². The zero-order valence-corrected chi connectivity index (χ0v) is 12.3. The smallest absolute Gasteiger partial charge is 0.0816 e. The van der Waals surface area contributed by atoms with Crippen molar-refractivity contribution in [2.45, 2.75) is 38.5 Å². The molecule has 0 aromatic heterocycles. The molecule has 0 spiro atoms. The Morgan fingerprint density at radius 1 is 1.42 bits per heavy atom. The van der Waals surface area contributed by atoms with Crippen LogP contribution in [0.3, 0.4) is 0 Å². The topological polar surface area (TPSA) is 32.7 Å². The molecule has 0 saturated carbocycles. The minimum absolute atomic E-state index is 0.272. The molecule has 1 aliphatic heterocycles. The quantitative estimate of drug-likeness (QED) is 0.922. The molecule has 1 aliphatic rings. The minimum atomic E-state index is -0.501. The average molecular weight is 284 g/mol. The number of aliphatic hydroxyl groups excluding tert-OH is 1. The van der Waals surface area contributed by atoms with Gasteiger partial charge in [-0.15, -0.1) is 0 Å². The lowest BCUT2D eigenvalue weighted by molar-refractivity contribution is -0.0527. The number of hydrogen-bond acceptors (Lipinski definition) is 3. The van der Waals surface area contributed by atoms with Crippen LogP contribution in [0.15, 0.2) is 24.3 Å². The van der Waals surface area contributed by atoms with E-state index in [0.717, 1.165) is 25.3 Å². The predicted octanol–water partition coefficient (Wildman–Crippen LogP) is 2.87. The van der Waals surface area contributed by atoms with Gasteiger partial charge in [0.15, 0.2) is 0 Å². The van der Waals surface area contributed by atoms with E-state index in [0.29, 0.717) is 17.5 Å². The average Bonchev–Trinajstić information content (AvgIpc) is 2.40. The molecule has 2 rings (SSSR count). The van der Waals surface area contributed by atoms with Crippen LogP contribution in [0.4, 0.5) is 0 Å². The summed E-state index contributed by atoms with van der Waals surface area (Å²) in [5, 5.41) is 10.9. The third-order valence-corrected chi connectivity index (χ3v) is 4.04. The van der Waals surface area contributed by atoms with Crippen molar-refractivity contribution in [1.29, 1.82) is 0 Å². The van der Waals surface area contributed by atoms with E-state index in [1.807, 2.05) is 24.3 Å².